The van der Waals surface area contributed by atoms with Gasteiger partial charge >= 0.3 is 0 Å². The first-order chi connectivity index (χ1) is 10.3. The normalized spacial score (nSPS) is 18.5. The van der Waals surface area contributed by atoms with E-state index in [0.717, 1.165) is 25.9 Å². The van der Waals surface area contributed by atoms with Crippen LogP contribution in [0.5, 0.6) is 5.88 Å². The Morgan fingerprint density at radius 1 is 1.29 bits per heavy atom. The van der Waals surface area contributed by atoms with Crippen LogP contribution < -0.4 is 9.64 Å². The predicted molar refractivity (Wildman–Crippen MR) is 76.7 cm³/mol. The quantitative estimate of drug-likeness (QED) is 0.864. The number of piperidine rings is 1. The lowest BCUT2D eigenvalue weighted by Crippen LogP contribution is -2.38. The molecule has 0 amide bonds. The fourth-order valence-corrected chi connectivity index (χ4v) is 2.57. The van der Waals surface area contributed by atoms with Crippen molar-refractivity contribution in [2.24, 2.45) is 5.92 Å². The predicted octanol–water partition coefficient (Wildman–Crippen LogP) is 2.31. The molecule has 1 aliphatic rings. The Bertz CT molecular complexity index is 581. The summed E-state index contributed by atoms with van der Waals surface area (Å²) >= 11 is 0. The molecule has 0 aromatic carbocycles. The summed E-state index contributed by atoms with van der Waals surface area (Å²) in [6, 6.07) is 3.06. The summed E-state index contributed by atoms with van der Waals surface area (Å²) < 4.78 is 19.4. The van der Waals surface area contributed by atoms with Crippen molar-refractivity contribution < 1.29 is 9.13 Å². The Balaban J connectivity index is 1.60. The van der Waals surface area contributed by atoms with Crippen LogP contribution in [0.15, 0.2) is 36.9 Å². The van der Waals surface area contributed by atoms with Crippen LogP contribution in [-0.2, 0) is 0 Å². The van der Waals surface area contributed by atoms with Gasteiger partial charge < -0.3 is 9.64 Å². The summed E-state index contributed by atoms with van der Waals surface area (Å²) in [5.41, 5.74) is 0. The molecule has 2 aromatic rings. The maximum atomic E-state index is 13.8. The highest BCUT2D eigenvalue weighted by atomic mass is 19.1. The summed E-state index contributed by atoms with van der Waals surface area (Å²) in [5.74, 6) is 1.02. The molecular weight excluding hydrogens is 271 g/mol. The van der Waals surface area contributed by atoms with Gasteiger partial charge in [-0.05, 0) is 25.0 Å². The number of rotatable bonds is 4. The van der Waals surface area contributed by atoms with Crippen molar-refractivity contribution in [2.75, 3.05) is 24.6 Å². The molecule has 1 aliphatic heterocycles. The highest BCUT2D eigenvalue weighted by molar-refractivity contribution is 5.40. The van der Waals surface area contributed by atoms with Crippen LogP contribution in [0.3, 0.4) is 0 Å². The zero-order valence-corrected chi connectivity index (χ0v) is 11.7. The first-order valence-corrected chi connectivity index (χ1v) is 7.07. The molecule has 3 heterocycles. The first kappa shape index (κ1) is 13.7. The van der Waals surface area contributed by atoms with E-state index in [2.05, 4.69) is 15.0 Å². The zero-order chi connectivity index (χ0) is 14.5. The van der Waals surface area contributed by atoms with Gasteiger partial charge in [0.05, 0.1) is 12.8 Å². The zero-order valence-electron chi connectivity index (χ0n) is 11.7. The van der Waals surface area contributed by atoms with Crippen LogP contribution in [0.4, 0.5) is 10.2 Å². The Labute approximate surface area is 122 Å². The van der Waals surface area contributed by atoms with Crippen LogP contribution in [0.2, 0.25) is 0 Å². The van der Waals surface area contributed by atoms with E-state index in [-0.39, 0.29) is 5.82 Å². The number of anilines is 1. The lowest BCUT2D eigenvalue weighted by molar-refractivity contribution is 0.220. The van der Waals surface area contributed by atoms with Gasteiger partial charge in [-0.15, -0.1) is 0 Å². The smallest absolute Gasteiger partial charge is 0.232 e. The SMILES string of the molecule is Fc1cccnc1N1CCCC(COc2cnccn2)C1. The van der Waals surface area contributed by atoms with Crippen LogP contribution in [0, 0.1) is 11.7 Å². The fraction of sp³-hybridized carbons (Fsp3) is 0.400. The molecule has 3 rings (SSSR count). The van der Waals surface area contributed by atoms with Crippen molar-refractivity contribution >= 4 is 5.82 Å². The molecule has 0 saturated carbocycles. The van der Waals surface area contributed by atoms with Crippen LogP contribution in [0.1, 0.15) is 12.8 Å². The van der Waals surface area contributed by atoms with Crippen molar-refractivity contribution in [3.8, 4) is 5.88 Å². The molecule has 1 unspecified atom stereocenters. The molecule has 110 valence electrons. The third-order valence-corrected chi connectivity index (χ3v) is 3.56. The van der Waals surface area contributed by atoms with Crippen molar-refractivity contribution in [3.63, 3.8) is 0 Å². The highest BCUT2D eigenvalue weighted by Gasteiger charge is 2.23. The van der Waals surface area contributed by atoms with E-state index in [4.69, 9.17) is 4.74 Å². The molecule has 1 saturated heterocycles. The van der Waals surface area contributed by atoms with Crippen LogP contribution in [0.25, 0.3) is 0 Å². The summed E-state index contributed by atoms with van der Waals surface area (Å²) in [7, 11) is 0. The van der Waals surface area contributed by atoms with Crippen molar-refractivity contribution in [3.05, 3.63) is 42.7 Å². The molecule has 5 nitrogen and oxygen atoms in total. The number of ether oxygens (including phenoxy) is 1. The minimum Gasteiger partial charge on any atom is -0.476 e. The Morgan fingerprint density at radius 2 is 2.24 bits per heavy atom. The van der Waals surface area contributed by atoms with Gasteiger partial charge in [0.2, 0.25) is 5.88 Å². The average Bonchev–Trinajstić information content (AvgIpc) is 2.55. The van der Waals surface area contributed by atoms with E-state index in [0.29, 0.717) is 24.2 Å². The summed E-state index contributed by atoms with van der Waals surface area (Å²) in [6.45, 7) is 2.13. The number of nitrogens with zero attached hydrogens (tertiary/aromatic N) is 4. The molecule has 0 N–H and O–H groups in total. The van der Waals surface area contributed by atoms with Gasteiger partial charge in [-0.1, -0.05) is 0 Å². The van der Waals surface area contributed by atoms with Gasteiger partial charge in [-0.2, -0.15) is 0 Å². The summed E-state index contributed by atoms with van der Waals surface area (Å²) in [6.07, 6.45) is 8.50. The Morgan fingerprint density at radius 3 is 3.05 bits per heavy atom. The largest absolute Gasteiger partial charge is 0.476 e. The third-order valence-electron chi connectivity index (χ3n) is 3.56. The minimum atomic E-state index is -0.270. The second-order valence-electron chi connectivity index (χ2n) is 5.12. The van der Waals surface area contributed by atoms with E-state index in [1.165, 1.54) is 6.07 Å². The summed E-state index contributed by atoms with van der Waals surface area (Å²) in [5, 5.41) is 0. The first-order valence-electron chi connectivity index (χ1n) is 7.07. The van der Waals surface area contributed by atoms with Crippen LogP contribution >= 0.6 is 0 Å². The second kappa shape index (κ2) is 6.47. The van der Waals surface area contributed by atoms with E-state index in [9.17, 15) is 4.39 Å². The van der Waals surface area contributed by atoms with Crippen molar-refractivity contribution in [1.29, 1.82) is 0 Å². The summed E-state index contributed by atoms with van der Waals surface area (Å²) in [4.78, 5) is 14.2. The average molecular weight is 288 g/mol. The van der Waals surface area contributed by atoms with Crippen LogP contribution in [-0.4, -0.2) is 34.6 Å². The molecule has 1 fully saturated rings. The fourth-order valence-electron chi connectivity index (χ4n) is 2.57. The third kappa shape index (κ3) is 3.45. The molecule has 2 aromatic heterocycles. The molecule has 0 bridgehead atoms. The van der Waals surface area contributed by atoms with E-state index in [1.54, 1.807) is 30.9 Å². The Hall–Kier alpha value is -2.24. The van der Waals surface area contributed by atoms with Gasteiger partial charge in [-0.3, -0.25) is 4.98 Å². The highest BCUT2D eigenvalue weighted by Crippen LogP contribution is 2.23. The van der Waals surface area contributed by atoms with Gasteiger partial charge in [0.15, 0.2) is 11.6 Å². The van der Waals surface area contributed by atoms with E-state index >= 15 is 0 Å². The number of hydrogen-bond acceptors (Lipinski definition) is 5. The minimum absolute atomic E-state index is 0.270. The topological polar surface area (TPSA) is 51.1 Å². The lowest BCUT2D eigenvalue weighted by Gasteiger charge is -2.33. The molecular formula is C15H17FN4O. The van der Waals surface area contributed by atoms with Gasteiger partial charge in [0, 0.05) is 37.6 Å². The molecule has 0 radical (unpaired) electrons. The van der Waals surface area contributed by atoms with Gasteiger partial charge in [0.1, 0.15) is 0 Å². The Kier molecular flexibility index (Phi) is 4.23. The molecule has 0 spiro atoms. The van der Waals surface area contributed by atoms with Crippen molar-refractivity contribution in [2.45, 2.75) is 12.8 Å². The maximum Gasteiger partial charge on any atom is 0.232 e. The van der Waals surface area contributed by atoms with Crippen molar-refractivity contribution in [1.82, 2.24) is 15.0 Å². The van der Waals surface area contributed by atoms with Gasteiger partial charge in [-0.25, -0.2) is 14.4 Å². The number of pyridine rings is 1. The maximum absolute atomic E-state index is 13.8. The molecule has 0 aliphatic carbocycles. The molecule has 6 heteroatoms. The monoisotopic (exact) mass is 288 g/mol. The number of aromatic nitrogens is 3. The number of hydrogen-bond donors (Lipinski definition) is 0. The standard InChI is InChI=1S/C15H17FN4O/c16-13-4-1-5-19-15(13)20-8-2-3-12(10-20)11-21-14-9-17-6-7-18-14/h1,4-7,9,12H,2-3,8,10-11H2. The number of halogens is 1. The second-order valence-corrected chi connectivity index (χ2v) is 5.12. The molecule has 1 atom stereocenters. The van der Waals surface area contributed by atoms with E-state index < -0.39 is 0 Å². The molecule has 21 heavy (non-hydrogen) atoms. The van der Waals surface area contributed by atoms with Gasteiger partial charge in [0.25, 0.3) is 0 Å². The lowest BCUT2D eigenvalue weighted by atomic mass is 9.99. The van der Waals surface area contributed by atoms with E-state index in [1.807, 2.05) is 4.90 Å².